The van der Waals surface area contributed by atoms with Crippen molar-refractivity contribution < 1.29 is 23.9 Å². The van der Waals surface area contributed by atoms with Crippen molar-refractivity contribution in [3.8, 4) is 0 Å². The Morgan fingerprint density at radius 2 is 1.82 bits per heavy atom. The Morgan fingerprint density at radius 1 is 1.05 bits per heavy atom. The normalized spacial score (nSPS) is 46.8. The largest absolute Gasteiger partial charge is 0.381 e. The average molecular weight is 617 g/mol. The Hall–Kier alpha value is -1.26. The third-order valence-electron chi connectivity index (χ3n) is 13.7. The summed E-state index contributed by atoms with van der Waals surface area (Å²) in [5.41, 5.74) is 0.389. The molecule has 7 fully saturated rings. The molecule has 0 aromatic rings. The van der Waals surface area contributed by atoms with Crippen molar-refractivity contribution >= 4 is 11.8 Å². The van der Waals surface area contributed by atoms with E-state index in [0.717, 1.165) is 44.9 Å². The van der Waals surface area contributed by atoms with Gasteiger partial charge in [-0.25, -0.2) is 0 Å². The molecule has 6 unspecified atom stereocenters. The van der Waals surface area contributed by atoms with E-state index >= 15 is 0 Å². The van der Waals surface area contributed by atoms with Crippen LogP contribution in [0.15, 0.2) is 0 Å². The van der Waals surface area contributed by atoms with Crippen LogP contribution in [0.4, 0.5) is 0 Å². The van der Waals surface area contributed by atoms with Crippen LogP contribution in [0.25, 0.3) is 0 Å². The lowest BCUT2D eigenvalue weighted by molar-refractivity contribution is -0.194. The molecular formula is C35H60N4O5. The summed E-state index contributed by atoms with van der Waals surface area (Å²) in [6, 6.07) is 0.274. The van der Waals surface area contributed by atoms with Gasteiger partial charge in [0.1, 0.15) is 12.1 Å². The highest BCUT2D eigenvalue weighted by Gasteiger charge is 2.58. The minimum atomic E-state index is -0.348. The summed E-state index contributed by atoms with van der Waals surface area (Å²) in [7, 11) is 7.89. The molecule has 0 spiro atoms. The molecule has 2 saturated heterocycles. The molecule has 0 aromatic carbocycles. The number of hydrogen-bond acceptors (Lipinski definition) is 7. The van der Waals surface area contributed by atoms with E-state index in [9.17, 15) is 9.59 Å². The highest BCUT2D eigenvalue weighted by atomic mass is 16.7. The SMILES string of the molecule is CNC(=O)C1CC(C2CCCC(CN3O[C@H]4CO[C@H](C)[C@H]4[C@H]3C(=O)N[C@H]3C[C@H]4C[C@@H]([C@@H]3C)C4(C)C)C2OC)CC(N(C)C)C1. The second kappa shape index (κ2) is 12.7. The maximum absolute atomic E-state index is 14.2. The van der Waals surface area contributed by atoms with E-state index < -0.39 is 0 Å². The highest BCUT2D eigenvalue weighted by molar-refractivity contribution is 5.83. The van der Waals surface area contributed by atoms with Crippen LogP contribution < -0.4 is 10.6 Å². The second-order valence-corrected chi connectivity index (χ2v) is 16.3. The molecular weight excluding hydrogens is 556 g/mol. The van der Waals surface area contributed by atoms with Gasteiger partial charge in [0, 0.05) is 50.5 Å². The lowest BCUT2D eigenvalue weighted by Gasteiger charge is -2.62. The molecule has 2 aliphatic heterocycles. The fourth-order valence-corrected chi connectivity index (χ4v) is 10.9. The first-order chi connectivity index (χ1) is 20.9. The summed E-state index contributed by atoms with van der Waals surface area (Å²) in [5, 5.41) is 8.50. The molecule has 0 aromatic heterocycles. The van der Waals surface area contributed by atoms with Crippen LogP contribution in [0, 0.1) is 52.8 Å². The predicted molar refractivity (Wildman–Crippen MR) is 169 cm³/mol. The minimum absolute atomic E-state index is 0.0129. The molecule has 2 bridgehead atoms. The van der Waals surface area contributed by atoms with Gasteiger partial charge in [-0.2, -0.15) is 5.06 Å². The van der Waals surface area contributed by atoms with Crippen molar-refractivity contribution in [2.75, 3.05) is 41.4 Å². The molecule has 9 heteroatoms. The summed E-state index contributed by atoms with van der Waals surface area (Å²) >= 11 is 0. The fraction of sp³-hybridized carbons (Fsp3) is 0.943. The van der Waals surface area contributed by atoms with Gasteiger partial charge in [-0.15, -0.1) is 0 Å². The first-order valence-corrected chi connectivity index (χ1v) is 17.7. The Labute approximate surface area is 265 Å². The van der Waals surface area contributed by atoms with E-state index in [1.807, 2.05) is 12.2 Å². The summed E-state index contributed by atoms with van der Waals surface area (Å²) in [5.74, 6) is 3.31. The minimum Gasteiger partial charge on any atom is -0.381 e. The Morgan fingerprint density at radius 3 is 2.48 bits per heavy atom. The highest BCUT2D eigenvalue weighted by Crippen LogP contribution is 2.61. The molecule has 0 radical (unpaired) electrons. The molecule has 9 nitrogen and oxygen atoms in total. The first-order valence-electron chi connectivity index (χ1n) is 17.7. The zero-order chi connectivity index (χ0) is 31.5. The lowest BCUT2D eigenvalue weighted by atomic mass is 9.45. The van der Waals surface area contributed by atoms with Gasteiger partial charge in [0.2, 0.25) is 11.8 Å². The number of nitrogens with one attached hydrogen (secondary N) is 2. The number of rotatable bonds is 8. The third-order valence-corrected chi connectivity index (χ3v) is 13.7. The zero-order valence-corrected chi connectivity index (χ0v) is 28.6. The molecule has 14 atom stereocenters. The van der Waals surface area contributed by atoms with Crippen molar-refractivity contribution in [2.45, 2.75) is 115 Å². The number of hydroxylamine groups is 2. The molecule has 2 amide bonds. The molecule has 250 valence electrons. The Bertz CT molecular complexity index is 1050. The molecule has 2 N–H and O–H groups in total. The van der Waals surface area contributed by atoms with Crippen molar-refractivity contribution in [3.05, 3.63) is 0 Å². The fourth-order valence-electron chi connectivity index (χ4n) is 10.9. The molecule has 2 heterocycles. The molecule has 44 heavy (non-hydrogen) atoms. The van der Waals surface area contributed by atoms with E-state index in [4.69, 9.17) is 14.3 Å². The van der Waals surface area contributed by atoms with Gasteiger partial charge in [-0.1, -0.05) is 27.2 Å². The van der Waals surface area contributed by atoms with Crippen molar-refractivity contribution in [1.82, 2.24) is 20.6 Å². The monoisotopic (exact) mass is 616 g/mol. The topological polar surface area (TPSA) is 92.4 Å². The van der Waals surface area contributed by atoms with Crippen LogP contribution in [0.1, 0.15) is 79.1 Å². The number of carbonyl (C=O) groups is 2. The van der Waals surface area contributed by atoms with E-state index in [2.05, 4.69) is 57.3 Å². The van der Waals surface area contributed by atoms with Gasteiger partial charge in [0.15, 0.2) is 0 Å². The summed E-state index contributed by atoms with van der Waals surface area (Å²) in [4.78, 5) is 35.9. The second-order valence-electron chi connectivity index (χ2n) is 16.3. The van der Waals surface area contributed by atoms with E-state index in [0.29, 0.717) is 54.2 Å². The number of methoxy groups -OCH3 is 1. The van der Waals surface area contributed by atoms with Gasteiger partial charge in [0.05, 0.1) is 18.8 Å². The molecule has 7 aliphatic rings. The van der Waals surface area contributed by atoms with Crippen molar-refractivity contribution in [1.29, 1.82) is 0 Å². The van der Waals surface area contributed by atoms with E-state index in [1.54, 1.807) is 7.05 Å². The van der Waals surface area contributed by atoms with Crippen LogP contribution in [-0.4, -0.2) is 99.6 Å². The number of carbonyl (C=O) groups excluding carboxylic acids is 2. The van der Waals surface area contributed by atoms with E-state index in [-0.39, 0.29) is 60.0 Å². The van der Waals surface area contributed by atoms with Gasteiger partial charge in [0.25, 0.3) is 0 Å². The van der Waals surface area contributed by atoms with Gasteiger partial charge >= 0.3 is 0 Å². The lowest BCUT2D eigenvalue weighted by Crippen LogP contribution is -2.62. The summed E-state index contributed by atoms with van der Waals surface area (Å²) in [6.45, 7) is 10.5. The van der Waals surface area contributed by atoms with Crippen molar-refractivity contribution in [3.63, 3.8) is 0 Å². The van der Waals surface area contributed by atoms with Crippen LogP contribution in [0.5, 0.6) is 0 Å². The molecule has 7 rings (SSSR count). The maximum Gasteiger partial charge on any atom is 0.240 e. The summed E-state index contributed by atoms with van der Waals surface area (Å²) < 4.78 is 12.4. The Balaban J connectivity index is 1.17. The van der Waals surface area contributed by atoms with Crippen LogP contribution in [-0.2, 0) is 23.9 Å². The maximum atomic E-state index is 14.2. The number of ether oxygens (including phenoxy) is 2. The van der Waals surface area contributed by atoms with Crippen LogP contribution >= 0.6 is 0 Å². The van der Waals surface area contributed by atoms with Gasteiger partial charge in [-0.05, 0) is 101 Å². The first kappa shape index (κ1) is 32.7. The van der Waals surface area contributed by atoms with Crippen molar-refractivity contribution in [2.24, 2.45) is 52.8 Å². The standard InChI is InChI=1S/C35H60N4O5/c1-19-27-15-24(35(27,3)4)16-28(19)37-34(41)31-30-20(2)43-18-29(30)44-39(31)17-21-10-9-11-26(32(21)42-8)22-12-23(33(40)36-5)14-25(13-22)38(6)7/h19-32H,9-18H2,1-8H3,(H,36,40)(H,37,41)/t19-,20+,21?,22?,23?,24+,25?,26?,27-,28-,29-,30+,31-,32?/m0/s1. The van der Waals surface area contributed by atoms with Crippen LogP contribution in [0.3, 0.4) is 0 Å². The smallest absolute Gasteiger partial charge is 0.240 e. The molecule has 5 aliphatic carbocycles. The zero-order valence-electron chi connectivity index (χ0n) is 28.6. The number of amides is 2. The molecule has 5 saturated carbocycles. The Kier molecular flexibility index (Phi) is 9.46. The average Bonchev–Trinajstić information content (AvgIpc) is 3.55. The number of nitrogens with zero attached hydrogens (tertiary/aromatic N) is 2. The predicted octanol–water partition coefficient (Wildman–Crippen LogP) is 3.72. The number of hydrogen-bond donors (Lipinski definition) is 2. The quantitative estimate of drug-likeness (QED) is 0.430. The van der Waals surface area contributed by atoms with Gasteiger partial charge in [-0.3, -0.25) is 14.4 Å². The summed E-state index contributed by atoms with van der Waals surface area (Å²) in [6.07, 6.45) is 8.62. The van der Waals surface area contributed by atoms with Crippen LogP contribution in [0.2, 0.25) is 0 Å². The third kappa shape index (κ3) is 5.75. The van der Waals surface area contributed by atoms with Gasteiger partial charge < -0.3 is 25.0 Å². The number of fused-ring (bicyclic) bond motifs is 3. The van der Waals surface area contributed by atoms with E-state index in [1.165, 1.54) is 6.42 Å².